The molecule has 1 aromatic rings. The zero-order valence-corrected chi connectivity index (χ0v) is 15.4. The summed E-state index contributed by atoms with van der Waals surface area (Å²) in [4.78, 5) is 45.6. The number of nitrogens with two attached hydrogens (primary N) is 1. The molecule has 2 rings (SSSR count). The van der Waals surface area contributed by atoms with Crippen molar-refractivity contribution in [3.05, 3.63) is 33.9 Å². The van der Waals surface area contributed by atoms with Gasteiger partial charge in [-0.3, -0.25) is 24.5 Å². The Balaban J connectivity index is 2.03. The van der Waals surface area contributed by atoms with Crippen LogP contribution in [0.25, 0.3) is 0 Å². The second-order valence-corrected chi connectivity index (χ2v) is 7.37. The van der Waals surface area contributed by atoms with Crippen LogP contribution in [0.1, 0.15) is 42.5 Å². The second kappa shape index (κ2) is 9.36. The predicted octanol–water partition coefficient (Wildman–Crippen LogP) is 1.94. The van der Waals surface area contributed by atoms with Gasteiger partial charge in [-0.25, -0.2) is 0 Å². The van der Waals surface area contributed by atoms with Crippen molar-refractivity contribution < 1.29 is 24.4 Å². The van der Waals surface area contributed by atoms with E-state index in [2.05, 4.69) is 5.32 Å². The minimum absolute atomic E-state index is 0.0123. The number of benzene rings is 1. The molecule has 1 saturated carbocycles. The van der Waals surface area contributed by atoms with Gasteiger partial charge in [-0.05, 0) is 25.0 Å². The predicted molar refractivity (Wildman–Crippen MR) is 98.5 cm³/mol. The van der Waals surface area contributed by atoms with E-state index in [1.807, 2.05) is 0 Å². The van der Waals surface area contributed by atoms with E-state index in [1.54, 1.807) is 0 Å². The fourth-order valence-electron chi connectivity index (χ4n) is 3.10. The maximum Gasteiger partial charge on any atom is 0.308 e. The van der Waals surface area contributed by atoms with Gasteiger partial charge in [0.15, 0.2) is 0 Å². The molecule has 0 aromatic heterocycles. The molecule has 0 heterocycles. The topological polar surface area (TPSA) is 153 Å². The highest BCUT2D eigenvalue weighted by Crippen LogP contribution is 2.30. The minimum Gasteiger partial charge on any atom is -0.481 e. The molecule has 0 unspecified atom stereocenters. The molecule has 1 aromatic carbocycles. The molecule has 1 aliphatic carbocycles. The second-order valence-electron chi connectivity index (χ2n) is 6.35. The number of nitro benzene ring substituents is 1. The molecule has 1 aliphatic rings. The molecule has 0 aliphatic heterocycles. The monoisotopic (exact) mass is 395 g/mol. The normalized spacial score (nSPS) is 19.7. The fraction of sp³-hybridized carbons (Fsp3) is 0.471. The molecule has 0 radical (unpaired) electrons. The Morgan fingerprint density at radius 1 is 1.26 bits per heavy atom. The number of primary amides is 1. The van der Waals surface area contributed by atoms with Crippen molar-refractivity contribution in [2.75, 3.05) is 5.75 Å². The largest absolute Gasteiger partial charge is 0.481 e. The Labute approximate surface area is 159 Å². The zero-order chi connectivity index (χ0) is 20.0. The number of aliphatic carboxylic acids is 1. The van der Waals surface area contributed by atoms with E-state index in [1.165, 1.54) is 12.1 Å². The molecule has 2 atom stereocenters. The van der Waals surface area contributed by atoms with Crippen LogP contribution in [0.2, 0.25) is 0 Å². The molecule has 9 nitrogen and oxygen atoms in total. The molecule has 4 N–H and O–H groups in total. The lowest BCUT2D eigenvalue weighted by atomic mass is 9.95. The van der Waals surface area contributed by atoms with Gasteiger partial charge in [0.1, 0.15) is 0 Å². The number of hydrogen-bond donors (Lipinski definition) is 3. The Morgan fingerprint density at radius 2 is 1.96 bits per heavy atom. The number of thioether (sulfide) groups is 1. The van der Waals surface area contributed by atoms with Crippen molar-refractivity contribution in [1.29, 1.82) is 0 Å². The average molecular weight is 395 g/mol. The lowest BCUT2D eigenvalue weighted by Gasteiger charge is -2.22. The third kappa shape index (κ3) is 5.68. The molecule has 10 heteroatoms. The summed E-state index contributed by atoms with van der Waals surface area (Å²) in [6, 6.07) is 3.38. The first-order valence-electron chi connectivity index (χ1n) is 8.52. The summed E-state index contributed by atoms with van der Waals surface area (Å²) >= 11 is 0.954. The van der Waals surface area contributed by atoms with Crippen molar-refractivity contribution in [3.8, 4) is 0 Å². The molecule has 2 amide bonds. The first-order valence-corrected chi connectivity index (χ1v) is 9.51. The van der Waals surface area contributed by atoms with Crippen LogP contribution < -0.4 is 11.1 Å². The van der Waals surface area contributed by atoms with Crippen molar-refractivity contribution in [3.63, 3.8) is 0 Å². The SMILES string of the molecule is NC(=O)c1ccc(SCC(=O)N[C@H]2CCCCC[C@H]2C(=O)O)c([N+](=O)[O-])c1. The van der Waals surface area contributed by atoms with Gasteiger partial charge in [0.25, 0.3) is 5.69 Å². The van der Waals surface area contributed by atoms with Gasteiger partial charge < -0.3 is 16.2 Å². The van der Waals surface area contributed by atoms with Gasteiger partial charge in [-0.15, -0.1) is 11.8 Å². The number of carbonyl (C=O) groups excluding carboxylic acids is 2. The lowest BCUT2D eigenvalue weighted by Crippen LogP contribution is -2.43. The molecule has 0 bridgehead atoms. The minimum atomic E-state index is -0.924. The first kappa shape index (κ1) is 20.7. The summed E-state index contributed by atoms with van der Waals surface area (Å²) in [6.45, 7) is 0. The number of hydrogen-bond acceptors (Lipinski definition) is 6. The van der Waals surface area contributed by atoms with Crippen LogP contribution in [0, 0.1) is 16.0 Å². The maximum atomic E-state index is 12.3. The van der Waals surface area contributed by atoms with Gasteiger partial charge in [0.05, 0.1) is 21.5 Å². The smallest absolute Gasteiger partial charge is 0.308 e. The van der Waals surface area contributed by atoms with Gasteiger partial charge in [0, 0.05) is 17.7 Å². The van der Waals surface area contributed by atoms with E-state index >= 15 is 0 Å². The van der Waals surface area contributed by atoms with Crippen molar-refractivity contribution in [2.24, 2.45) is 11.7 Å². The summed E-state index contributed by atoms with van der Waals surface area (Å²) in [6.07, 6.45) is 3.72. The fourth-order valence-corrected chi connectivity index (χ4v) is 3.92. The van der Waals surface area contributed by atoms with Crippen LogP contribution in [-0.2, 0) is 9.59 Å². The Morgan fingerprint density at radius 3 is 2.59 bits per heavy atom. The number of nitro groups is 1. The van der Waals surface area contributed by atoms with Crippen LogP contribution in [-0.4, -0.2) is 39.6 Å². The third-order valence-electron chi connectivity index (χ3n) is 4.48. The van der Waals surface area contributed by atoms with Gasteiger partial charge >= 0.3 is 5.97 Å². The third-order valence-corrected chi connectivity index (χ3v) is 5.54. The van der Waals surface area contributed by atoms with Crippen LogP contribution >= 0.6 is 11.8 Å². The molecule has 0 spiro atoms. The van der Waals surface area contributed by atoms with Gasteiger partial charge in [0.2, 0.25) is 11.8 Å². The highest BCUT2D eigenvalue weighted by molar-refractivity contribution is 8.00. The summed E-state index contributed by atoms with van der Waals surface area (Å²) in [7, 11) is 0. The summed E-state index contributed by atoms with van der Waals surface area (Å²) in [5.41, 5.74) is 4.84. The molecule has 146 valence electrons. The highest BCUT2D eigenvalue weighted by atomic mass is 32.2. The highest BCUT2D eigenvalue weighted by Gasteiger charge is 2.30. The molecule has 27 heavy (non-hydrogen) atoms. The van der Waals surface area contributed by atoms with Crippen LogP contribution in [0.5, 0.6) is 0 Å². The van der Waals surface area contributed by atoms with Crippen molar-refractivity contribution in [1.82, 2.24) is 5.32 Å². The van der Waals surface area contributed by atoms with Crippen LogP contribution in [0.3, 0.4) is 0 Å². The number of rotatable bonds is 7. The van der Waals surface area contributed by atoms with Crippen molar-refractivity contribution >= 4 is 35.2 Å². The number of carboxylic acids is 1. The summed E-state index contributed by atoms with van der Waals surface area (Å²) in [5, 5.41) is 23.3. The first-order chi connectivity index (χ1) is 12.8. The molecular formula is C17H21N3O6S. The number of nitrogens with one attached hydrogen (secondary N) is 1. The quantitative estimate of drug-likeness (QED) is 0.276. The van der Waals surface area contributed by atoms with E-state index in [4.69, 9.17) is 5.73 Å². The van der Waals surface area contributed by atoms with E-state index in [-0.39, 0.29) is 27.8 Å². The lowest BCUT2D eigenvalue weighted by molar-refractivity contribution is -0.387. The van der Waals surface area contributed by atoms with Crippen LogP contribution in [0.15, 0.2) is 23.1 Å². The Kier molecular flexibility index (Phi) is 7.17. The summed E-state index contributed by atoms with van der Waals surface area (Å²) in [5.74, 6) is -2.80. The van der Waals surface area contributed by atoms with Crippen molar-refractivity contribution in [2.45, 2.75) is 43.0 Å². The Hall–Kier alpha value is -2.62. The standard InChI is InChI=1S/C17H21N3O6S/c18-16(22)10-6-7-14(13(8-10)20(25)26)27-9-15(21)19-12-5-3-1-2-4-11(12)17(23)24/h6-8,11-12H,1-5,9H2,(H2,18,22)(H,19,21)(H,23,24)/t11-,12+/m1/s1. The van der Waals surface area contributed by atoms with E-state index in [0.29, 0.717) is 12.8 Å². The number of carbonyl (C=O) groups is 3. The number of amides is 2. The number of nitrogens with zero attached hydrogens (tertiary/aromatic N) is 1. The maximum absolute atomic E-state index is 12.3. The Bertz CT molecular complexity index is 754. The van der Waals surface area contributed by atoms with Gasteiger partial charge in [-0.2, -0.15) is 0 Å². The van der Waals surface area contributed by atoms with E-state index in [0.717, 1.165) is 37.1 Å². The molecule has 1 fully saturated rings. The van der Waals surface area contributed by atoms with Gasteiger partial charge in [-0.1, -0.05) is 19.3 Å². The van der Waals surface area contributed by atoms with E-state index in [9.17, 15) is 29.6 Å². The van der Waals surface area contributed by atoms with Crippen LogP contribution in [0.4, 0.5) is 5.69 Å². The van der Waals surface area contributed by atoms with E-state index < -0.39 is 28.8 Å². The zero-order valence-electron chi connectivity index (χ0n) is 14.6. The number of carboxylic acid groups (broad SMARTS) is 1. The molecular weight excluding hydrogens is 374 g/mol. The summed E-state index contributed by atoms with van der Waals surface area (Å²) < 4.78 is 0. The average Bonchev–Trinajstić information content (AvgIpc) is 2.85. The molecule has 0 saturated heterocycles.